The van der Waals surface area contributed by atoms with E-state index in [9.17, 15) is 24.8 Å². The highest BCUT2D eigenvalue weighted by molar-refractivity contribution is 7.99. The lowest BCUT2D eigenvalue weighted by molar-refractivity contribution is -0.159. The standard InChI is InChI=1S/C15H22NO7PS/c1-8-3-5-9(6-4-8)14(19)16-11-12(18)10(7-17)22-15(25-2)13(11)23-24(20)21/h3-6,10-13,15,17-18,20-21H,7H2,1-2H3,(H,16,19)/t10-,11+,12+,13-,15+/m1/s1. The molecule has 0 saturated carbocycles. The van der Waals surface area contributed by atoms with Crippen molar-refractivity contribution in [1.29, 1.82) is 0 Å². The van der Waals surface area contributed by atoms with Crippen molar-refractivity contribution in [1.82, 2.24) is 5.32 Å². The largest absolute Gasteiger partial charge is 0.394 e. The van der Waals surface area contributed by atoms with Crippen molar-refractivity contribution >= 4 is 26.3 Å². The fourth-order valence-electron chi connectivity index (χ4n) is 2.60. The minimum atomic E-state index is -2.72. The van der Waals surface area contributed by atoms with Crippen molar-refractivity contribution in [3.8, 4) is 0 Å². The molecule has 0 radical (unpaired) electrons. The molecule has 5 atom stereocenters. The Morgan fingerprint density at radius 1 is 1.36 bits per heavy atom. The molecule has 140 valence electrons. The molecule has 0 aliphatic carbocycles. The number of nitrogens with one attached hydrogen (secondary N) is 1. The van der Waals surface area contributed by atoms with Crippen LogP contribution in [0.1, 0.15) is 15.9 Å². The van der Waals surface area contributed by atoms with Gasteiger partial charge in [-0.2, -0.15) is 0 Å². The smallest absolute Gasteiger partial charge is 0.327 e. The topological polar surface area (TPSA) is 128 Å². The highest BCUT2D eigenvalue weighted by Crippen LogP contribution is 2.37. The van der Waals surface area contributed by atoms with Gasteiger partial charge in [0.2, 0.25) is 0 Å². The van der Waals surface area contributed by atoms with Gasteiger partial charge in [0.05, 0.1) is 12.6 Å². The number of hydrogen-bond donors (Lipinski definition) is 5. The Hall–Kier alpha value is -0.770. The lowest BCUT2D eigenvalue weighted by Gasteiger charge is -2.43. The molecule has 1 heterocycles. The van der Waals surface area contributed by atoms with Gasteiger partial charge < -0.3 is 34.6 Å². The van der Waals surface area contributed by atoms with Crippen LogP contribution in [0.4, 0.5) is 0 Å². The number of ether oxygens (including phenoxy) is 1. The summed E-state index contributed by atoms with van der Waals surface area (Å²) in [5, 5.41) is 22.5. The van der Waals surface area contributed by atoms with E-state index in [0.717, 1.165) is 5.56 Å². The first-order valence-corrected chi connectivity index (χ1v) is 10.0. The van der Waals surface area contributed by atoms with Gasteiger partial charge in [0.15, 0.2) is 0 Å². The zero-order valence-electron chi connectivity index (χ0n) is 13.8. The van der Waals surface area contributed by atoms with Gasteiger partial charge in [-0.1, -0.05) is 17.7 Å². The summed E-state index contributed by atoms with van der Waals surface area (Å²) in [6, 6.07) is 5.87. The second-order valence-electron chi connectivity index (χ2n) is 5.64. The van der Waals surface area contributed by atoms with Gasteiger partial charge >= 0.3 is 8.60 Å². The van der Waals surface area contributed by atoms with Crippen LogP contribution in [-0.2, 0) is 9.26 Å². The first-order valence-electron chi connectivity index (χ1n) is 7.56. The first-order chi connectivity index (χ1) is 11.9. The molecule has 10 heteroatoms. The normalized spacial score (nSPS) is 29.6. The number of rotatable bonds is 6. The van der Waals surface area contributed by atoms with Crippen LogP contribution in [0.25, 0.3) is 0 Å². The minimum Gasteiger partial charge on any atom is -0.394 e. The predicted octanol–water partition coefficient (Wildman–Crippen LogP) is 0.131. The first kappa shape index (κ1) is 20.5. The summed E-state index contributed by atoms with van der Waals surface area (Å²) < 4.78 is 10.6. The van der Waals surface area contributed by atoms with Crippen molar-refractivity contribution in [2.24, 2.45) is 0 Å². The second kappa shape index (κ2) is 9.25. The van der Waals surface area contributed by atoms with Gasteiger partial charge in [-0.25, -0.2) is 0 Å². The zero-order chi connectivity index (χ0) is 18.6. The maximum atomic E-state index is 12.5. The van der Waals surface area contributed by atoms with E-state index in [1.807, 2.05) is 6.92 Å². The molecule has 5 N–H and O–H groups in total. The maximum Gasteiger partial charge on any atom is 0.327 e. The van der Waals surface area contributed by atoms with Crippen LogP contribution in [0.3, 0.4) is 0 Å². The number of hydrogen-bond acceptors (Lipinski definition) is 8. The molecule has 8 nitrogen and oxygen atoms in total. The van der Waals surface area contributed by atoms with Crippen molar-refractivity contribution in [2.75, 3.05) is 12.9 Å². The highest BCUT2D eigenvalue weighted by atomic mass is 32.2. The molecule has 1 amide bonds. The Balaban J connectivity index is 2.23. The third kappa shape index (κ3) is 5.12. The zero-order valence-corrected chi connectivity index (χ0v) is 15.5. The van der Waals surface area contributed by atoms with Crippen LogP contribution in [0.15, 0.2) is 24.3 Å². The third-order valence-corrected chi connectivity index (χ3v) is 5.20. The number of benzene rings is 1. The molecule has 25 heavy (non-hydrogen) atoms. The summed E-state index contributed by atoms with van der Waals surface area (Å²) >= 11 is 1.21. The van der Waals surface area contributed by atoms with Crippen molar-refractivity contribution in [2.45, 2.75) is 36.7 Å². The Morgan fingerprint density at radius 2 is 2.00 bits per heavy atom. The summed E-state index contributed by atoms with van der Waals surface area (Å²) in [5.41, 5.74) is 0.686. The average molecular weight is 391 g/mol. The fourth-order valence-corrected chi connectivity index (χ4v) is 3.89. The minimum absolute atomic E-state index is 0.388. The van der Waals surface area contributed by atoms with Crippen LogP contribution >= 0.6 is 20.4 Å². The van der Waals surface area contributed by atoms with Gasteiger partial charge in [-0.15, -0.1) is 11.8 Å². The third-order valence-electron chi connectivity index (χ3n) is 3.92. The summed E-state index contributed by atoms with van der Waals surface area (Å²) in [6.07, 6.45) is -1.49. The number of carbonyl (C=O) groups excluding carboxylic acids is 1. The van der Waals surface area contributed by atoms with E-state index in [0.29, 0.717) is 5.56 Å². The molecular formula is C15H22NO7PS. The number of amides is 1. The Bertz CT molecular complexity index is 574. The van der Waals surface area contributed by atoms with Crippen molar-refractivity contribution < 1.29 is 34.1 Å². The molecule has 1 aromatic carbocycles. The van der Waals surface area contributed by atoms with E-state index in [-0.39, 0.29) is 0 Å². The SMILES string of the molecule is CS[C@@H]1O[C@H](CO)[C@H](O)[C@H](NC(=O)c2ccc(C)cc2)[C@H]1OP(O)O. The second-order valence-corrected chi connectivity index (χ2v) is 7.29. The number of carbonyl (C=O) groups is 1. The molecule has 1 aromatic rings. The lowest BCUT2D eigenvalue weighted by Crippen LogP contribution is -2.64. The number of aryl methyl sites for hydroxylation is 1. The summed E-state index contributed by atoms with van der Waals surface area (Å²) in [4.78, 5) is 30.9. The van der Waals surface area contributed by atoms with Gasteiger partial charge in [-0.05, 0) is 25.3 Å². The quantitative estimate of drug-likeness (QED) is 0.433. The van der Waals surface area contributed by atoms with Crippen LogP contribution in [0, 0.1) is 6.92 Å². The Morgan fingerprint density at radius 3 is 2.52 bits per heavy atom. The summed E-state index contributed by atoms with van der Waals surface area (Å²) in [6.45, 7) is 1.45. The summed E-state index contributed by atoms with van der Waals surface area (Å²) in [5.74, 6) is -0.448. The average Bonchev–Trinajstić information content (AvgIpc) is 2.58. The van der Waals surface area contributed by atoms with Crippen molar-refractivity contribution in [3.63, 3.8) is 0 Å². The van der Waals surface area contributed by atoms with Crippen LogP contribution in [0.2, 0.25) is 0 Å². The lowest BCUT2D eigenvalue weighted by atomic mass is 9.96. The number of thioether (sulfide) groups is 1. The number of aliphatic hydroxyl groups excluding tert-OH is 2. The monoisotopic (exact) mass is 391 g/mol. The highest BCUT2D eigenvalue weighted by Gasteiger charge is 2.47. The van der Waals surface area contributed by atoms with E-state index in [1.54, 1.807) is 30.5 Å². The van der Waals surface area contributed by atoms with Gasteiger partial charge in [0.1, 0.15) is 23.7 Å². The molecule has 2 rings (SSSR count). The van der Waals surface area contributed by atoms with E-state index in [2.05, 4.69) is 5.32 Å². The van der Waals surface area contributed by atoms with Gasteiger partial charge in [0.25, 0.3) is 5.91 Å². The molecule has 0 spiro atoms. The molecule has 0 unspecified atom stereocenters. The van der Waals surface area contributed by atoms with E-state index in [1.165, 1.54) is 11.8 Å². The molecule has 1 aliphatic heterocycles. The van der Waals surface area contributed by atoms with E-state index in [4.69, 9.17) is 9.26 Å². The molecule has 1 fully saturated rings. The van der Waals surface area contributed by atoms with Gasteiger partial charge in [-0.3, -0.25) is 4.79 Å². The maximum absolute atomic E-state index is 12.5. The summed E-state index contributed by atoms with van der Waals surface area (Å²) in [7, 11) is -2.72. The van der Waals surface area contributed by atoms with Gasteiger partial charge in [0, 0.05) is 5.56 Å². The Kier molecular flexibility index (Phi) is 7.60. The Labute approximate surface area is 151 Å². The van der Waals surface area contributed by atoms with Crippen molar-refractivity contribution in [3.05, 3.63) is 35.4 Å². The fraction of sp³-hybridized carbons (Fsp3) is 0.533. The molecule has 1 saturated heterocycles. The number of aliphatic hydroxyl groups is 2. The van der Waals surface area contributed by atoms with E-state index < -0.39 is 50.9 Å². The molecule has 0 bridgehead atoms. The molecular weight excluding hydrogens is 369 g/mol. The molecule has 0 aromatic heterocycles. The van der Waals surface area contributed by atoms with Crippen LogP contribution in [-0.4, -0.2) is 68.6 Å². The van der Waals surface area contributed by atoms with Crippen LogP contribution < -0.4 is 5.32 Å². The van der Waals surface area contributed by atoms with E-state index >= 15 is 0 Å². The molecule has 1 aliphatic rings. The predicted molar refractivity (Wildman–Crippen MR) is 93.9 cm³/mol. The van der Waals surface area contributed by atoms with Crippen LogP contribution in [0.5, 0.6) is 0 Å².